The molecule has 8 heteroatoms. The molecule has 1 saturated heterocycles. The van der Waals surface area contributed by atoms with E-state index in [2.05, 4.69) is 22.4 Å². The van der Waals surface area contributed by atoms with Crippen molar-refractivity contribution in [3.63, 3.8) is 0 Å². The first-order valence-electron chi connectivity index (χ1n) is 7.39. The Kier molecular flexibility index (Phi) is 4.31. The summed E-state index contributed by atoms with van der Waals surface area (Å²) in [7, 11) is -3.50. The quantitative estimate of drug-likeness (QED) is 0.847. The van der Waals surface area contributed by atoms with Crippen LogP contribution in [-0.4, -0.2) is 52.6 Å². The third-order valence-corrected chi connectivity index (χ3v) is 7.57. The SMILES string of the molecule is CC1SCCN(S(=O)(=O)c2[nH]ncc2CNC2CC2)C1C. The zero-order chi connectivity index (χ0) is 15.0. The Morgan fingerprint density at radius 1 is 1.48 bits per heavy atom. The van der Waals surface area contributed by atoms with Gasteiger partial charge in [0.25, 0.3) is 10.0 Å². The largest absolute Gasteiger partial charge is 0.310 e. The lowest BCUT2D eigenvalue weighted by molar-refractivity contribution is 0.338. The number of H-pyrrole nitrogens is 1. The number of aromatic nitrogens is 2. The molecule has 0 radical (unpaired) electrons. The summed E-state index contributed by atoms with van der Waals surface area (Å²) in [5, 5.41) is 10.6. The van der Waals surface area contributed by atoms with Gasteiger partial charge in [-0.25, -0.2) is 8.42 Å². The summed E-state index contributed by atoms with van der Waals surface area (Å²) in [6.45, 7) is 5.18. The van der Waals surface area contributed by atoms with E-state index in [4.69, 9.17) is 0 Å². The zero-order valence-electron chi connectivity index (χ0n) is 12.4. The number of sulfonamides is 1. The Hall–Kier alpha value is -0.570. The topological polar surface area (TPSA) is 78.1 Å². The van der Waals surface area contributed by atoms with Gasteiger partial charge in [0, 0.05) is 41.7 Å². The molecule has 0 spiro atoms. The van der Waals surface area contributed by atoms with Crippen molar-refractivity contribution in [3.05, 3.63) is 11.8 Å². The standard InChI is InChI=1S/C13H22N4O2S2/c1-9-10(2)20-6-5-17(9)21(18,19)13-11(8-15-16-13)7-14-12-3-4-12/h8-10,12,14H,3-7H2,1-2H3,(H,15,16). The Morgan fingerprint density at radius 2 is 2.24 bits per heavy atom. The maximum atomic E-state index is 12.9. The number of aromatic amines is 1. The molecule has 2 N–H and O–H groups in total. The highest BCUT2D eigenvalue weighted by molar-refractivity contribution is 8.00. The monoisotopic (exact) mass is 330 g/mol. The fourth-order valence-electron chi connectivity index (χ4n) is 2.55. The first kappa shape index (κ1) is 15.3. The zero-order valence-corrected chi connectivity index (χ0v) is 14.0. The van der Waals surface area contributed by atoms with E-state index in [-0.39, 0.29) is 11.1 Å². The van der Waals surface area contributed by atoms with Crippen LogP contribution in [0.3, 0.4) is 0 Å². The third kappa shape index (κ3) is 3.13. The van der Waals surface area contributed by atoms with Gasteiger partial charge in [-0.15, -0.1) is 0 Å². The Morgan fingerprint density at radius 3 is 2.95 bits per heavy atom. The minimum Gasteiger partial charge on any atom is -0.310 e. The predicted octanol–water partition coefficient (Wildman–Crippen LogP) is 1.18. The Labute approximate surface area is 130 Å². The molecule has 2 heterocycles. The van der Waals surface area contributed by atoms with Crippen LogP contribution in [0.2, 0.25) is 0 Å². The van der Waals surface area contributed by atoms with Gasteiger partial charge in [-0.3, -0.25) is 5.10 Å². The summed E-state index contributed by atoms with van der Waals surface area (Å²) < 4.78 is 27.4. The van der Waals surface area contributed by atoms with Crippen LogP contribution in [-0.2, 0) is 16.6 Å². The maximum absolute atomic E-state index is 12.9. The van der Waals surface area contributed by atoms with Crippen LogP contribution in [0.5, 0.6) is 0 Å². The number of rotatable bonds is 5. The predicted molar refractivity (Wildman–Crippen MR) is 83.7 cm³/mol. The third-order valence-electron chi connectivity index (χ3n) is 4.23. The molecule has 2 fully saturated rings. The van der Waals surface area contributed by atoms with E-state index in [0.717, 1.165) is 11.3 Å². The van der Waals surface area contributed by atoms with Crippen molar-refractivity contribution < 1.29 is 8.42 Å². The first-order valence-corrected chi connectivity index (χ1v) is 9.88. The molecule has 2 aliphatic rings. The van der Waals surface area contributed by atoms with Crippen LogP contribution in [0.4, 0.5) is 0 Å². The van der Waals surface area contributed by atoms with Crippen LogP contribution in [0.25, 0.3) is 0 Å². The van der Waals surface area contributed by atoms with Gasteiger partial charge >= 0.3 is 0 Å². The summed E-state index contributed by atoms with van der Waals surface area (Å²) in [6, 6.07) is 0.544. The number of hydrogen-bond donors (Lipinski definition) is 2. The van der Waals surface area contributed by atoms with Gasteiger partial charge in [0.15, 0.2) is 5.03 Å². The fraction of sp³-hybridized carbons (Fsp3) is 0.769. The second kappa shape index (κ2) is 5.91. The summed E-state index contributed by atoms with van der Waals surface area (Å²) in [4.78, 5) is 0. The van der Waals surface area contributed by atoms with Gasteiger partial charge in [0.2, 0.25) is 0 Å². The van der Waals surface area contributed by atoms with Crippen molar-refractivity contribution in [2.75, 3.05) is 12.3 Å². The average Bonchev–Trinajstić information content (AvgIpc) is 3.15. The van der Waals surface area contributed by atoms with E-state index < -0.39 is 10.0 Å². The van der Waals surface area contributed by atoms with E-state index in [0.29, 0.717) is 24.4 Å². The highest BCUT2D eigenvalue weighted by Crippen LogP contribution is 2.30. The summed E-state index contributed by atoms with van der Waals surface area (Å²) >= 11 is 1.83. The minimum absolute atomic E-state index is 0.00120. The van der Waals surface area contributed by atoms with Crippen molar-refractivity contribution in [2.45, 2.75) is 55.6 Å². The van der Waals surface area contributed by atoms with Gasteiger partial charge in [0.05, 0.1) is 6.20 Å². The van der Waals surface area contributed by atoms with Crippen LogP contribution >= 0.6 is 11.8 Å². The number of hydrogen-bond acceptors (Lipinski definition) is 5. The molecule has 1 aromatic rings. The molecule has 3 rings (SSSR count). The molecule has 0 amide bonds. The fourth-order valence-corrected chi connectivity index (χ4v) is 5.65. The molecule has 21 heavy (non-hydrogen) atoms. The molecular weight excluding hydrogens is 308 g/mol. The first-order chi connectivity index (χ1) is 10.00. The summed E-state index contributed by atoms with van der Waals surface area (Å²) in [6.07, 6.45) is 3.98. The molecule has 1 aliphatic heterocycles. The maximum Gasteiger partial charge on any atom is 0.260 e. The summed E-state index contributed by atoms with van der Waals surface area (Å²) in [5.74, 6) is 0.842. The number of thioether (sulfide) groups is 1. The molecule has 1 saturated carbocycles. The van der Waals surface area contributed by atoms with Crippen molar-refractivity contribution in [1.82, 2.24) is 19.8 Å². The number of nitrogens with zero attached hydrogens (tertiary/aromatic N) is 2. The molecule has 1 aliphatic carbocycles. The van der Waals surface area contributed by atoms with Crippen LogP contribution in [0.15, 0.2) is 11.2 Å². The molecule has 0 aromatic carbocycles. The molecular formula is C13H22N4O2S2. The van der Waals surface area contributed by atoms with Crippen LogP contribution in [0.1, 0.15) is 32.3 Å². The van der Waals surface area contributed by atoms with Gasteiger partial charge in [0.1, 0.15) is 0 Å². The molecule has 1 aromatic heterocycles. The van der Waals surface area contributed by atoms with Crippen LogP contribution in [0, 0.1) is 0 Å². The lowest BCUT2D eigenvalue weighted by Crippen LogP contribution is -2.48. The Bertz CT molecular complexity index is 597. The van der Waals surface area contributed by atoms with Crippen LogP contribution < -0.4 is 5.32 Å². The number of nitrogens with one attached hydrogen (secondary N) is 2. The van der Waals surface area contributed by atoms with Gasteiger partial charge in [-0.1, -0.05) is 6.92 Å². The minimum atomic E-state index is -3.50. The highest BCUT2D eigenvalue weighted by Gasteiger charge is 2.37. The van der Waals surface area contributed by atoms with Gasteiger partial charge in [-0.05, 0) is 19.8 Å². The second-order valence-corrected chi connectivity index (χ2v) is 9.12. The second-order valence-electron chi connectivity index (χ2n) is 5.81. The van der Waals surface area contributed by atoms with E-state index in [1.807, 2.05) is 18.7 Å². The van der Waals surface area contributed by atoms with Crippen molar-refractivity contribution in [1.29, 1.82) is 0 Å². The van der Waals surface area contributed by atoms with E-state index in [1.165, 1.54) is 12.8 Å². The van der Waals surface area contributed by atoms with Crippen molar-refractivity contribution >= 4 is 21.8 Å². The van der Waals surface area contributed by atoms with Gasteiger partial charge < -0.3 is 5.32 Å². The molecule has 118 valence electrons. The smallest absolute Gasteiger partial charge is 0.260 e. The molecule has 2 unspecified atom stereocenters. The van der Waals surface area contributed by atoms with Crippen molar-refractivity contribution in [2.24, 2.45) is 0 Å². The van der Waals surface area contributed by atoms with Gasteiger partial charge in [-0.2, -0.15) is 21.2 Å². The Balaban J connectivity index is 1.82. The van der Waals surface area contributed by atoms with E-state index >= 15 is 0 Å². The molecule has 2 atom stereocenters. The normalized spacial score (nSPS) is 27.9. The average molecular weight is 330 g/mol. The molecule has 0 bridgehead atoms. The lowest BCUT2D eigenvalue weighted by atomic mass is 10.2. The van der Waals surface area contributed by atoms with E-state index in [1.54, 1.807) is 10.5 Å². The molecule has 6 nitrogen and oxygen atoms in total. The highest BCUT2D eigenvalue weighted by atomic mass is 32.2. The van der Waals surface area contributed by atoms with E-state index in [9.17, 15) is 8.42 Å². The van der Waals surface area contributed by atoms with Crippen molar-refractivity contribution in [3.8, 4) is 0 Å². The summed E-state index contributed by atoms with van der Waals surface area (Å²) in [5.41, 5.74) is 0.736. The lowest BCUT2D eigenvalue weighted by Gasteiger charge is -2.36.